The number of hydrogen-bond acceptors (Lipinski definition) is 3. The predicted octanol–water partition coefficient (Wildman–Crippen LogP) is 4.74. The van der Waals surface area contributed by atoms with Crippen molar-refractivity contribution in [2.75, 3.05) is 7.05 Å². The van der Waals surface area contributed by atoms with Crippen molar-refractivity contribution >= 4 is 11.9 Å². The van der Waals surface area contributed by atoms with Gasteiger partial charge in [-0.1, -0.05) is 6.07 Å². The summed E-state index contributed by atoms with van der Waals surface area (Å²) in [5.41, 5.74) is -0.462. The summed E-state index contributed by atoms with van der Waals surface area (Å²) < 4.78 is 79.9. The van der Waals surface area contributed by atoms with Gasteiger partial charge in [0.1, 0.15) is 11.9 Å². The molecular weight excluding hydrogens is 342 g/mol. The third-order valence-corrected chi connectivity index (χ3v) is 3.80. The molecule has 0 unspecified atom stereocenters. The second-order valence-electron chi connectivity index (χ2n) is 4.59. The van der Waals surface area contributed by atoms with Crippen LogP contribution in [-0.2, 0) is 0 Å². The van der Waals surface area contributed by atoms with Crippen molar-refractivity contribution in [2.24, 2.45) is 0 Å². The molecule has 0 saturated heterocycles. The van der Waals surface area contributed by atoms with Gasteiger partial charge in [0.15, 0.2) is 11.6 Å². The highest BCUT2D eigenvalue weighted by Gasteiger charge is 2.44. The van der Waals surface area contributed by atoms with Gasteiger partial charge in [0.2, 0.25) is 0 Å². The van der Waals surface area contributed by atoms with Crippen LogP contribution in [0.2, 0.25) is 0 Å². The number of aromatic nitrogens is 1. The van der Waals surface area contributed by atoms with Crippen LogP contribution in [0, 0.1) is 17.5 Å². The van der Waals surface area contributed by atoms with E-state index in [4.69, 9.17) is 0 Å². The second kappa shape index (κ2) is 6.79. The third-order valence-electron chi connectivity index (χ3n) is 2.86. The summed E-state index contributed by atoms with van der Waals surface area (Å²) >= 11 is 0.592. The Morgan fingerprint density at radius 1 is 1.04 bits per heavy atom. The quantitative estimate of drug-likeness (QED) is 0.584. The van der Waals surface area contributed by atoms with Crippen molar-refractivity contribution in [3.8, 4) is 0 Å². The van der Waals surface area contributed by atoms with Gasteiger partial charge in [0, 0.05) is 11.1 Å². The zero-order chi connectivity index (χ0) is 17.2. The smallest absolute Gasteiger partial charge is 0.260 e. The summed E-state index contributed by atoms with van der Waals surface area (Å²) in [6.07, 6.45) is -2.63. The van der Waals surface area contributed by atoms with Gasteiger partial charge in [-0.25, -0.2) is 17.5 Å². The van der Waals surface area contributed by atoms with Gasteiger partial charge in [0.05, 0.1) is 6.20 Å². The van der Waals surface area contributed by atoms with Crippen molar-refractivity contribution < 1.29 is 26.3 Å². The number of halogens is 6. The van der Waals surface area contributed by atoms with Crippen LogP contribution in [0.5, 0.6) is 0 Å². The van der Waals surface area contributed by atoms with E-state index in [1.807, 2.05) is 0 Å². The minimum Gasteiger partial charge on any atom is -0.260 e. The molecule has 0 aliphatic carbocycles. The molecular formula is C14H10F6N2S. The first kappa shape index (κ1) is 17.6. The molecule has 0 aliphatic rings. The normalized spacial score (nSPS) is 13.4. The molecule has 2 rings (SSSR count). The van der Waals surface area contributed by atoms with Crippen molar-refractivity contribution in [1.82, 2.24) is 9.29 Å². The highest BCUT2D eigenvalue weighted by Crippen LogP contribution is 2.41. The molecule has 0 fully saturated rings. The first-order valence-corrected chi connectivity index (χ1v) is 6.99. The van der Waals surface area contributed by atoms with Gasteiger partial charge >= 0.3 is 6.18 Å². The van der Waals surface area contributed by atoms with E-state index in [-0.39, 0.29) is 4.90 Å². The van der Waals surface area contributed by atoms with Crippen LogP contribution in [0.3, 0.4) is 0 Å². The van der Waals surface area contributed by atoms with Gasteiger partial charge in [-0.3, -0.25) is 4.98 Å². The summed E-state index contributed by atoms with van der Waals surface area (Å²) in [6, 6.07) is 0.801. The molecule has 0 N–H and O–H groups in total. The van der Waals surface area contributed by atoms with Crippen LogP contribution in [0.1, 0.15) is 11.6 Å². The Hall–Kier alpha value is -1.74. The van der Waals surface area contributed by atoms with Gasteiger partial charge in [-0.05, 0) is 42.8 Å². The highest BCUT2D eigenvalue weighted by atomic mass is 32.2. The lowest BCUT2D eigenvalue weighted by Crippen LogP contribution is -2.32. The van der Waals surface area contributed by atoms with Gasteiger partial charge in [-0.2, -0.15) is 13.2 Å². The van der Waals surface area contributed by atoms with Crippen LogP contribution in [0.4, 0.5) is 26.3 Å². The number of rotatable bonds is 4. The number of alkyl halides is 3. The van der Waals surface area contributed by atoms with Crippen molar-refractivity contribution in [1.29, 1.82) is 0 Å². The lowest BCUT2D eigenvalue weighted by molar-refractivity contribution is -0.170. The van der Waals surface area contributed by atoms with E-state index in [0.717, 1.165) is 29.7 Å². The number of hydrogen-bond donors (Lipinski definition) is 0. The summed E-state index contributed by atoms with van der Waals surface area (Å²) in [5, 5.41) is 0. The fourth-order valence-corrected chi connectivity index (χ4v) is 2.90. The summed E-state index contributed by atoms with van der Waals surface area (Å²) in [5.74, 6) is -3.30. The van der Waals surface area contributed by atoms with E-state index in [2.05, 4.69) is 4.98 Å². The predicted molar refractivity (Wildman–Crippen MR) is 73.0 cm³/mol. The first-order chi connectivity index (χ1) is 10.7. The van der Waals surface area contributed by atoms with Gasteiger partial charge < -0.3 is 0 Å². The molecule has 0 spiro atoms. The molecule has 124 valence electrons. The Bertz CT molecular complexity index is 691. The number of benzene rings is 1. The fourth-order valence-electron chi connectivity index (χ4n) is 1.95. The molecule has 1 atom stereocenters. The molecule has 1 heterocycles. The Morgan fingerprint density at radius 3 is 2.30 bits per heavy atom. The van der Waals surface area contributed by atoms with Crippen LogP contribution in [-0.4, -0.2) is 22.5 Å². The Kier molecular flexibility index (Phi) is 5.20. The molecule has 2 aromatic rings. The monoisotopic (exact) mass is 352 g/mol. The average molecular weight is 352 g/mol. The lowest BCUT2D eigenvalue weighted by atomic mass is 10.1. The fraction of sp³-hybridized carbons (Fsp3) is 0.214. The van der Waals surface area contributed by atoms with Gasteiger partial charge in [-0.15, -0.1) is 0 Å². The molecule has 0 aliphatic heterocycles. The van der Waals surface area contributed by atoms with Crippen molar-refractivity contribution in [3.05, 3.63) is 59.7 Å². The largest absolute Gasteiger partial charge is 0.408 e. The second-order valence-corrected chi connectivity index (χ2v) is 5.82. The van der Waals surface area contributed by atoms with Crippen molar-refractivity contribution in [3.63, 3.8) is 0 Å². The van der Waals surface area contributed by atoms with Crippen LogP contribution in [0.15, 0.2) is 41.6 Å². The number of nitrogens with zero attached hydrogens (tertiary/aromatic N) is 2. The maximum Gasteiger partial charge on any atom is 0.408 e. The molecule has 0 bridgehead atoms. The Morgan fingerprint density at radius 2 is 1.74 bits per heavy atom. The van der Waals surface area contributed by atoms with Crippen LogP contribution >= 0.6 is 11.9 Å². The minimum atomic E-state index is -4.74. The van der Waals surface area contributed by atoms with E-state index in [1.165, 1.54) is 6.20 Å². The summed E-state index contributed by atoms with van der Waals surface area (Å²) in [4.78, 5) is 3.69. The zero-order valence-electron chi connectivity index (χ0n) is 11.6. The maximum absolute atomic E-state index is 13.3. The molecule has 2 nitrogen and oxygen atoms in total. The van der Waals surface area contributed by atoms with Crippen LogP contribution in [0.25, 0.3) is 0 Å². The topological polar surface area (TPSA) is 16.1 Å². The van der Waals surface area contributed by atoms with Crippen LogP contribution < -0.4 is 0 Å². The maximum atomic E-state index is 13.3. The van der Waals surface area contributed by atoms with Crippen molar-refractivity contribution in [2.45, 2.75) is 17.1 Å². The Labute approximate surface area is 132 Å². The summed E-state index contributed by atoms with van der Waals surface area (Å²) in [7, 11) is 1.12. The molecule has 0 saturated carbocycles. The molecule has 9 heteroatoms. The molecule has 1 aromatic heterocycles. The SMILES string of the molecule is CN(Sc1cncc(F)c1)[C@H](c1ccc(F)c(F)c1)C(F)(F)F. The van der Waals surface area contributed by atoms with E-state index in [0.29, 0.717) is 24.1 Å². The summed E-state index contributed by atoms with van der Waals surface area (Å²) in [6.45, 7) is 0. The molecule has 1 aromatic carbocycles. The highest BCUT2D eigenvalue weighted by molar-refractivity contribution is 7.97. The molecule has 23 heavy (non-hydrogen) atoms. The number of pyridine rings is 1. The van der Waals surface area contributed by atoms with E-state index in [1.54, 1.807) is 0 Å². The van der Waals surface area contributed by atoms with Gasteiger partial charge in [0.25, 0.3) is 0 Å². The minimum absolute atomic E-state index is 0.143. The molecule has 0 radical (unpaired) electrons. The third kappa shape index (κ3) is 4.38. The molecule has 0 amide bonds. The standard InChI is InChI=1S/C14H10F6N2S/c1-22(23-10-5-9(15)6-21-7-10)13(14(18,19)20)8-2-3-11(16)12(17)4-8/h2-7,13H,1H3/t13-/m1/s1. The lowest BCUT2D eigenvalue weighted by Gasteiger charge is -2.29. The van der Waals surface area contributed by atoms with E-state index in [9.17, 15) is 26.3 Å². The van der Waals surface area contributed by atoms with E-state index >= 15 is 0 Å². The zero-order valence-corrected chi connectivity index (χ0v) is 12.4. The first-order valence-electron chi connectivity index (χ1n) is 6.21. The average Bonchev–Trinajstić information content (AvgIpc) is 2.41. The van der Waals surface area contributed by atoms with E-state index < -0.39 is 35.2 Å². The Balaban J connectivity index is 2.32.